The van der Waals surface area contributed by atoms with Crippen LogP contribution in [0.2, 0.25) is 0 Å². The summed E-state index contributed by atoms with van der Waals surface area (Å²) in [5, 5.41) is 5.83. The second-order valence-corrected chi connectivity index (χ2v) is 7.19. The van der Waals surface area contributed by atoms with E-state index in [1.165, 1.54) is 5.56 Å². The predicted octanol–water partition coefficient (Wildman–Crippen LogP) is 4.62. The fraction of sp³-hybridized carbons (Fsp3) is 0.200. The maximum Gasteiger partial charge on any atom is 0.238 e. The highest BCUT2D eigenvalue weighted by molar-refractivity contribution is 7.13. The highest BCUT2D eigenvalue weighted by atomic mass is 35.5. The molecule has 1 aromatic heterocycles. The van der Waals surface area contributed by atoms with Crippen LogP contribution in [-0.2, 0) is 17.2 Å². The van der Waals surface area contributed by atoms with E-state index in [-0.39, 0.29) is 5.91 Å². The van der Waals surface area contributed by atoms with E-state index in [0.29, 0.717) is 12.4 Å². The fourth-order valence-electron chi connectivity index (χ4n) is 2.59. The first kappa shape index (κ1) is 18.6. The van der Waals surface area contributed by atoms with Crippen molar-refractivity contribution in [3.05, 3.63) is 71.2 Å². The molecule has 1 N–H and O–H groups in total. The molecule has 0 aliphatic heterocycles. The first-order valence-electron chi connectivity index (χ1n) is 8.27. The van der Waals surface area contributed by atoms with Crippen LogP contribution in [0.15, 0.2) is 60.0 Å². The molecule has 4 nitrogen and oxygen atoms in total. The topological polar surface area (TPSA) is 45.2 Å². The lowest BCUT2D eigenvalue weighted by Crippen LogP contribution is -2.29. The van der Waals surface area contributed by atoms with Gasteiger partial charge in [0.15, 0.2) is 0 Å². The summed E-state index contributed by atoms with van der Waals surface area (Å²) in [6.45, 7) is 1.07. The van der Waals surface area contributed by atoms with Crippen LogP contribution in [0, 0.1) is 0 Å². The zero-order chi connectivity index (χ0) is 18.4. The van der Waals surface area contributed by atoms with E-state index < -0.39 is 0 Å². The number of nitrogens with one attached hydrogen (secondary N) is 1. The minimum atomic E-state index is -0.0325. The minimum absolute atomic E-state index is 0.0325. The predicted molar refractivity (Wildman–Crippen MR) is 109 cm³/mol. The van der Waals surface area contributed by atoms with Crippen LogP contribution in [0.25, 0.3) is 10.6 Å². The lowest BCUT2D eigenvalue weighted by atomic mass is 10.2. The van der Waals surface area contributed by atoms with Crippen LogP contribution >= 0.6 is 22.9 Å². The maximum atomic E-state index is 12.2. The monoisotopic (exact) mass is 385 g/mol. The van der Waals surface area contributed by atoms with Crippen molar-refractivity contribution in [3.63, 3.8) is 0 Å². The van der Waals surface area contributed by atoms with Gasteiger partial charge in [-0.3, -0.25) is 9.69 Å². The Morgan fingerprint density at radius 3 is 2.54 bits per heavy atom. The molecule has 3 rings (SSSR count). The third-order valence-corrected chi connectivity index (χ3v) is 5.03. The summed E-state index contributed by atoms with van der Waals surface area (Å²) in [5.74, 6) is 0.385. The van der Waals surface area contributed by atoms with Gasteiger partial charge in [0, 0.05) is 23.2 Å². The van der Waals surface area contributed by atoms with E-state index in [1.807, 2.05) is 59.8 Å². The summed E-state index contributed by atoms with van der Waals surface area (Å²) in [6, 6.07) is 17.8. The summed E-state index contributed by atoms with van der Waals surface area (Å²) in [5.41, 5.74) is 3.86. The van der Waals surface area contributed by atoms with E-state index in [2.05, 4.69) is 22.4 Å². The summed E-state index contributed by atoms with van der Waals surface area (Å²) in [6.07, 6.45) is 0. The maximum absolute atomic E-state index is 12.2. The number of amides is 1. The minimum Gasteiger partial charge on any atom is -0.325 e. The summed E-state index contributed by atoms with van der Waals surface area (Å²) in [7, 11) is 1.94. The Hall–Kier alpha value is -2.21. The number of benzene rings is 2. The highest BCUT2D eigenvalue weighted by Gasteiger charge is 2.09. The molecule has 26 heavy (non-hydrogen) atoms. The quantitative estimate of drug-likeness (QED) is 0.603. The van der Waals surface area contributed by atoms with E-state index in [0.717, 1.165) is 28.5 Å². The SMILES string of the molecule is CN(CC(=O)Nc1ccc(-c2nc(CCl)cs2)cc1)Cc1ccccc1. The second kappa shape index (κ2) is 8.94. The van der Waals surface area contributed by atoms with Gasteiger partial charge < -0.3 is 5.32 Å². The van der Waals surface area contributed by atoms with Gasteiger partial charge in [-0.1, -0.05) is 30.3 Å². The Bertz CT molecular complexity index is 849. The molecule has 0 aliphatic rings. The Morgan fingerprint density at radius 2 is 1.88 bits per heavy atom. The molecule has 0 aliphatic carbocycles. The van der Waals surface area contributed by atoms with Crippen LogP contribution in [0.1, 0.15) is 11.3 Å². The number of thiazole rings is 1. The van der Waals surface area contributed by atoms with E-state index in [4.69, 9.17) is 11.6 Å². The first-order chi connectivity index (χ1) is 12.6. The van der Waals surface area contributed by atoms with Crippen molar-refractivity contribution in [1.29, 1.82) is 0 Å². The number of nitrogens with zero attached hydrogens (tertiary/aromatic N) is 2. The number of likely N-dealkylation sites (N-methyl/N-ethyl adjacent to an activating group) is 1. The van der Waals surface area contributed by atoms with Crippen molar-refractivity contribution in [2.45, 2.75) is 12.4 Å². The molecule has 6 heteroatoms. The molecular weight excluding hydrogens is 366 g/mol. The third-order valence-electron chi connectivity index (χ3n) is 3.81. The lowest BCUT2D eigenvalue weighted by molar-refractivity contribution is -0.117. The highest BCUT2D eigenvalue weighted by Crippen LogP contribution is 2.25. The number of halogens is 1. The molecule has 1 amide bonds. The number of carbonyl (C=O) groups excluding carboxylic acids is 1. The Balaban J connectivity index is 1.54. The average molecular weight is 386 g/mol. The standard InChI is InChI=1S/C20H20ClN3OS/c1-24(12-15-5-3-2-4-6-15)13-19(25)22-17-9-7-16(8-10-17)20-23-18(11-21)14-26-20/h2-10,14H,11-13H2,1H3,(H,22,25). The molecule has 0 bridgehead atoms. The smallest absolute Gasteiger partial charge is 0.238 e. The first-order valence-corrected chi connectivity index (χ1v) is 9.68. The van der Waals surface area contributed by atoms with Gasteiger partial charge in [0.05, 0.1) is 18.1 Å². The molecule has 134 valence electrons. The number of aromatic nitrogens is 1. The van der Waals surface area contributed by atoms with E-state index in [9.17, 15) is 4.79 Å². The van der Waals surface area contributed by atoms with Gasteiger partial charge in [0.25, 0.3) is 0 Å². The molecular formula is C20H20ClN3OS. The number of rotatable bonds is 7. The van der Waals surface area contributed by atoms with Gasteiger partial charge in [0.2, 0.25) is 5.91 Å². The van der Waals surface area contributed by atoms with Crippen molar-refractivity contribution >= 4 is 34.5 Å². The Morgan fingerprint density at radius 1 is 1.15 bits per heavy atom. The van der Waals surface area contributed by atoms with Crippen LogP contribution in [-0.4, -0.2) is 29.4 Å². The molecule has 0 fully saturated rings. The van der Waals surface area contributed by atoms with Gasteiger partial charge in [-0.05, 0) is 36.9 Å². The molecule has 0 saturated heterocycles. The van der Waals surface area contributed by atoms with Crippen molar-refractivity contribution in [2.75, 3.05) is 18.9 Å². The van der Waals surface area contributed by atoms with Gasteiger partial charge in [0.1, 0.15) is 5.01 Å². The van der Waals surface area contributed by atoms with E-state index >= 15 is 0 Å². The Labute approximate surface area is 162 Å². The van der Waals surface area contributed by atoms with Crippen LogP contribution < -0.4 is 5.32 Å². The molecule has 0 saturated carbocycles. The van der Waals surface area contributed by atoms with Crippen LogP contribution in [0.4, 0.5) is 5.69 Å². The van der Waals surface area contributed by atoms with Gasteiger partial charge >= 0.3 is 0 Å². The van der Waals surface area contributed by atoms with Gasteiger partial charge in [-0.2, -0.15) is 0 Å². The normalized spacial score (nSPS) is 10.9. The molecule has 3 aromatic rings. The number of alkyl halides is 1. The zero-order valence-electron chi connectivity index (χ0n) is 14.5. The molecule has 1 heterocycles. The molecule has 0 radical (unpaired) electrons. The Kier molecular flexibility index (Phi) is 6.39. The summed E-state index contributed by atoms with van der Waals surface area (Å²) in [4.78, 5) is 18.7. The molecule has 2 aromatic carbocycles. The third kappa shape index (κ3) is 5.14. The van der Waals surface area contributed by atoms with Crippen molar-refractivity contribution in [3.8, 4) is 10.6 Å². The molecule has 0 spiro atoms. The second-order valence-electron chi connectivity index (χ2n) is 6.06. The number of hydrogen-bond donors (Lipinski definition) is 1. The van der Waals surface area contributed by atoms with Gasteiger partial charge in [-0.25, -0.2) is 4.98 Å². The summed E-state index contributed by atoms with van der Waals surface area (Å²) >= 11 is 7.36. The van der Waals surface area contributed by atoms with Crippen molar-refractivity contribution in [2.24, 2.45) is 0 Å². The number of carbonyl (C=O) groups is 1. The molecule has 0 atom stereocenters. The number of hydrogen-bond acceptors (Lipinski definition) is 4. The van der Waals surface area contributed by atoms with Crippen molar-refractivity contribution in [1.82, 2.24) is 9.88 Å². The van der Waals surface area contributed by atoms with E-state index in [1.54, 1.807) is 11.3 Å². The van der Waals surface area contributed by atoms with Crippen LogP contribution in [0.3, 0.4) is 0 Å². The molecule has 0 unspecified atom stereocenters. The fourth-order valence-corrected chi connectivity index (χ4v) is 3.65. The average Bonchev–Trinajstić information content (AvgIpc) is 3.12. The lowest BCUT2D eigenvalue weighted by Gasteiger charge is -2.16. The van der Waals surface area contributed by atoms with Crippen LogP contribution in [0.5, 0.6) is 0 Å². The van der Waals surface area contributed by atoms with Crippen molar-refractivity contribution < 1.29 is 4.79 Å². The summed E-state index contributed by atoms with van der Waals surface area (Å²) < 4.78 is 0. The zero-order valence-corrected chi connectivity index (χ0v) is 16.1. The van der Waals surface area contributed by atoms with Gasteiger partial charge in [-0.15, -0.1) is 22.9 Å². The largest absolute Gasteiger partial charge is 0.325 e. The number of anilines is 1.